The summed E-state index contributed by atoms with van der Waals surface area (Å²) in [5, 5.41) is 0. The Morgan fingerprint density at radius 2 is 1.77 bits per heavy atom. The molecule has 0 saturated carbocycles. The van der Waals surface area contributed by atoms with Gasteiger partial charge in [0.2, 0.25) is 0 Å². The van der Waals surface area contributed by atoms with Crippen molar-refractivity contribution in [3.05, 3.63) is 35.4 Å². The summed E-state index contributed by atoms with van der Waals surface area (Å²) in [5.74, 6) is 0. The Morgan fingerprint density at radius 3 is 2.23 bits per heavy atom. The Hall–Kier alpha value is -1.11. The molecule has 0 aromatic heterocycles. The van der Waals surface area contributed by atoms with Crippen molar-refractivity contribution < 1.29 is 0 Å². The zero-order valence-corrected chi connectivity index (χ0v) is 8.25. The minimum Gasteiger partial charge on any atom is -0.291 e. The minimum atomic E-state index is 0.123. The predicted molar refractivity (Wildman–Crippen MR) is 56.4 cm³/mol. The van der Waals surface area contributed by atoms with Crippen LogP contribution in [0.4, 0.5) is 0 Å². The molecule has 1 nitrogen and oxygen atoms in total. The Labute approximate surface area is 79.5 Å². The van der Waals surface area contributed by atoms with Crippen molar-refractivity contribution in [3.63, 3.8) is 0 Å². The zero-order chi connectivity index (χ0) is 9.31. The first-order valence-electron chi connectivity index (χ1n) is 4.80. The van der Waals surface area contributed by atoms with Crippen molar-refractivity contribution >= 4 is 6.21 Å². The maximum absolute atomic E-state index is 4.55. The Morgan fingerprint density at radius 1 is 1.23 bits per heavy atom. The molecule has 0 bridgehead atoms. The van der Waals surface area contributed by atoms with Crippen LogP contribution in [0.5, 0.6) is 0 Å². The molecule has 0 spiro atoms. The van der Waals surface area contributed by atoms with Gasteiger partial charge in [0.1, 0.15) is 0 Å². The van der Waals surface area contributed by atoms with Gasteiger partial charge >= 0.3 is 0 Å². The average Bonchev–Trinajstić information content (AvgIpc) is 2.40. The van der Waals surface area contributed by atoms with Gasteiger partial charge in [-0.05, 0) is 44.0 Å². The number of rotatable bonds is 1. The Bertz CT molecular complexity index is 314. The second-order valence-electron chi connectivity index (χ2n) is 4.01. The van der Waals surface area contributed by atoms with E-state index < -0.39 is 0 Å². The highest BCUT2D eigenvalue weighted by molar-refractivity contribution is 5.55. The SMILES string of the molecule is CC=NC1(C)Cc2ccccc2C1. The maximum Gasteiger partial charge on any atom is 0.0656 e. The zero-order valence-electron chi connectivity index (χ0n) is 8.25. The molecule has 0 fully saturated rings. The van der Waals surface area contributed by atoms with Crippen LogP contribution in [-0.2, 0) is 12.8 Å². The van der Waals surface area contributed by atoms with E-state index in [1.165, 1.54) is 11.1 Å². The monoisotopic (exact) mass is 173 g/mol. The highest BCUT2D eigenvalue weighted by atomic mass is 14.8. The third-order valence-corrected chi connectivity index (χ3v) is 2.70. The van der Waals surface area contributed by atoms with Gasteiger partial charge in [-0.1, -0.05) is 24.3 Å². The standard InChI is InChI=1S/C12H15N/c1-3-13-12(2)8-10-6-4-5-7-11(10)9-12/h3-7H,8-9H2,1-2H3. The van der Waals surface area contributed by atoms with Crippen LogP contribution in [0, 0.1) is 0 Å². The first-order valence-corrected chi connectivity index (χ1v) is 4.80. The van der Waals surface area contributed by atoms with Crippen molar-refractivity contribution in [2.24, 2.45) is 4.99 Å². The summed E-state index contributed by atoms with van der Waals surface area (Å²) in [5.41, 5.74) is 3.06. The van der Waals surface area contributed by atoms with Crippen LogP contribution in [0.1, 0.15) is 25.0 Å². The van der Waals surface area contributed by atoms with Crippen molar-refractivity contribution in [2.45, 2.75) is 32.2 Å². The Balaban J connectivity index is 2.31. The van der Waals surface area contributed by atoms with E-state index >= 15 is 0 Å². The fourth-order valence-electron chi connectivity index (χ4n) is 2.19. The topological polar surface area (TPSA) is 12.4 Å². The number of hydrogen-bond donors (Lipinski definition) is 0. The molecule has 13 heavy (non-hydrogen) atoms. The van der Waals surface area contributed by atoms with Crippen LogP contribution < -0.4 is 0 Å². The number of aliphatic imine (C=N–C) groups is 1. The summed E-state index contributed by atoms with van der Waals surface area (Å²) in [4.78, 5) is 4.55. The molecule has 0 atom stereocenters. The third-order valence-electron chi connectivity index (χ3n) is 2.70. The minimum absolute atomic E-state index is 0.123. The summed E-state index contributed by atoms with van der Waals surface area (Å²) in [7, 11) is 0. The van der Waals surface area contributed by atoms with E-state index in [0.717, 1.165) is 12.8 Å². The van der Waals surface area contributed by atoms with Crippen LogP contribution >= 0.6 is 0 Å². The molecular weight excluding hydrogens is 158 g/mol. The first-order chi connectivity index (χ1) is 6.23. The fraction of sp³-hybridized carbons (Fsp3) is 0.417. The number of fused-ring (bicyclic) bond motifs is 1. The van der Waals surface area contributed by atoms with E-state index in [1.807, 2.05) is 13.1 Å². The molecule has 1 aromatic carbocycles. The number of nitrogens with zero attached hydrogens (tertiary/aromatic N) is 1. The lowest BCUT2D eigenvalue weighted by Crippen LogP contribution is -2.21. The predicted octanol–water partition coefficient (Wildman–Crippen LogP) is 2.63. The summed E-state index contributed by atoms with van der Waals surface area (Å²) < 4.78 is 0. The summed E-state index contributed by atoms with van der Waals surface area (Å²) in [6.07, 6.45) is 4.10. The quantitative estimate of drug-likeness (QED) is 0.579. The molecule has 1 aromatic rings. The molecule has 0 amide bonds. The van der Waals surface area contributed by atoms with Crippen LogP contribution in [-0.4, -0.2) is 11.8 Å². The van der Waals surface area contributed by atoms with Crippen LogP contribution in [0.3, 0.4) is 0 Å². The summed E-state index contributed by atoms with van der Waals surface area (Å²) in [6, 6.07) is 8.65. The van der Waals surface area contributed by atoms with Crippen molar-refractivity contribution in [2.75, 3.05) is 0 Å². The van der Waals surface area contributed by atoms with E-state index in [0.29, 0.717) is 0 Å². The molecule has 68 valence electrons. The lowest BCUT2D eigenvalue weighted by Gasteiger charge is -2.16. The second-order valence-corrected chi connectivity index (χ2v) is 4.01. The van der Waals surface area contributed by atoms with Crippen molar-refractivity contribution in [3.8, 4) is 0 Å². The smallest absolute Gasteiger partial charge is 0.0656 e. The molecule has 0 unspecified atom stereocenters. The van der Waals surface area contributed by atoms with Crippen LogP contribution in [0.25, 0.3) is 0 Å². The number of benzene rings is 1. The average molecular weight is 173 g/mol. The molecule has 0 heterocycles. The van der Waals surface area contributed by atoms with Crippen LogP contribution in [0.2, 0.25) is 0 Å². The summed E-state index contributed by atoms with van der Waals surface area (Å²) >= 11 is 0. The van der Waals surface area contributed by atoms with Crippen molar-refractivity contribution in [1.29, 1.82) is 0 Å². The molecule has 0 radical (unpaired) electrons. The second kappa shape index (κ2) is 2.99. The van der Waals surface area contributed by atoms with Crippen molar-refractivity contribution in [1.82, 2.24) is 0 Å². The van der Waals surface area contributed by atoms with E-state index in [2.05, 4.69) is 36.2 Å². The van der Waals surface area contributed by atoms with Gasteiger partial charge in [-0.2, -0.15) is 0 Å². The van der Waals surface area contributed by atoms with E-state index in [1.54, 1.807) is 0 Å². The highest BCUT2D eigenvalue weighted by Gasteiger charge is 2.31. The molecule has 1 aliphatic carbocycles. The lowest BCUT2D eigenvalue weighted by molar-refractivity contribution is 0.504. The molecule has 0 aliphatic heterocycles. The molecular formula is C12H15N. The maximum atomic E-state index is 4.55. The van der Waals surface area contributed by atoms with Gasteiger partial charge in [-0.15, -0.1) is 0 Å². The molecule has 1 heteroatoms. The largest absolute Gasteiger partial charge is 0.291 e. The number of hydrogen-bond acceptors (Lipinski definition) is 1. The van der Waals surface area contributed by atoms with E-state index in [4.69, 9.17) is 0 Å². The van der Waals surface area contributed by atoms with Gasteiger partial charge in [0, 0.05) is 0 Å². The highest BCUT2D eigenvalue weighted by Crippen LogP contribution is 2.32. The lowest BCUT2D eigenvalue weighted by atomic mass is 10.00. The van der Waals surface area contributed by atoms with Gasteiger partial charge in [-0.3, -0.25) is 4.99 Å². The normalized spacial score (nSPS) is 19.2. The third kappa shape index (κ3) is 1.51. The van der Waals surface area contributed by atoms with Crippen LogP contribution in [0.15, 0.2) is 29.3 Å². The van der Waals surface area contributed by atoms with Gasteiger partial charge in [0.25, 0.3) is 0 Å². The fourth-order valence-corrected chi connectivity index (χ4v) is 2.19. The van der Waals surface area contributed by atoms with Gasteiger partial charge in [0.15, 0.2) is 0 Å². The van der Waals surface area contributed by atoms with Gasteiger partial charge in [0.05, 0.1) is 5.54 Å². The molecule has 1 aliphatic rings. The molecule has 0 N–H and O–H groups in total. The first kappa shape index (κ1) is 8.49. The Kier molecular flexibility index (Phi) is 1.95. The van der Waals surface area contributed by atoms with Gasteiger partial charge < -0.3 is 0 Å². The van der Waals surface area contributed by atoms with E-state index in [9.17, 15) is 0 Å². The molecule has 2 rings (SSSR count). The summed E-state index contributed by atoms with van der Waals surface area (Å²) in [6.45, 7) is 4.22. The van der Waals surface area contributed by atoms with E-state index in [-0.39, 0.29) is 5.54 Å². The molecule has 0 saturated heterocycles. The van der Waals surface area contributed by atoms with Gasteiger partial charge in [-0.25, -0.2) is 0 Å².